The number of benzene rings is 2. The smallest absolute Gasteiger partial charge is 0.320 e. The van der Waals surface area contributed by atoms with Crippen LogP contribution < -0.4 is 24.5 Å². The third kappa shape index (κ3) is 3.95. The van der Waals surface area contributed by atoms with Gasteiger partial charge in [-0.3, -0.25) is 19.5 Å². The molecule has 10 heteroatoms. The molecule has 10 nitrogen and oxygen atoms in total. The van der Waals surface area contributed by atoms with E-state index in [9.17, 15) is 9.59 Å². The topological polar surface area (TPSA) is 101 Å². The molecule has 0 saturated carbocycles. The number of hydrogen-bond donors (Lipinski definition) is 0. The molecular formula is C25H25N3O7. The summed E-state index contributed by atoms with van der Waals surface area (Å²) in [5.74, 6) is 1.76. The molecule has 0 aliphatic carbocycles. The van der Waals surface area contributed by atoms with Crippen LogP contribution in [0.5, 0.6) is 23.0 Å². The molecule has 0 unspecified atom stereocenters. The predicted molar refractivity (Wildman–Crippen MR) is 130 cm³/mol. The lowest BCUT2D eigenvalue weighted by atomic mass is 10.0. The van der Waals surface area contributed by atoms with E-state index in [4.69, 9.17) is 23.7 Å². The van der Waals surface area contributed by atoms with Crippen molar-refractivity contribution >= 4 is 38.5 Å². The van der Waals surface area contributed by atoms with Gasteiger partial charge in [0.1, 0.15) is 6.61 Å². The number of pyridine rings is 2. The highest BCUT2D eigenvalue weighted by Gasteiger charge is 2.21. The summed E-state index contributed by atoms with van der Waals surface area (Å²) in [5, 5.41) is 2.58. The van der Waals surface area contributed by atoms with Crippen LogP contribution in [-0.2, 0) is 16.1 Å². The van der Waals surface area contributed by atoms with Crippen molar-refractivity contribution in [2.75, 3.05) is 48.3 Å². The second-order valence-corrected chi connectivity index (χ2v) is 8.41. The van der Waals surface area contributed by atoms with E-state index < -0.39 is 0 Å². The number of carbonyl (C=O) groups is 1. The number of aromatic nitrogens is 2. The van der Waals surface area contributed by atoms with Crippen molar-refractivity contribution in [1.29, 1.82) is 0 Å². The van der Waals surface area contributed by atoms with Crippen LogP contribution in [-0.4, -0.2) is 68.7 Å². The highest BCUT2D eigenvalue weighted by molar-refractivity contribution is 6.15. The Balaban J connectivity index is 1.75. The molecule has 4 aromatic rings. The Kier molecular flexibility index (Phi) is 5.81. The Bertz CT molecular complexity index is 1530. The van der Waals surface area contributed by atoms with Gasteiger partial charge in [0.2, 0.25) is 6.79 Å². The fourth-order valence-corrected chi connectivity index (χ4v) is 4.35. The zero-order valence-electron chi connectivity index (χ0n) is 19.9. The van der Waals surface area contributed by atoms with Gasteiger partial charge in [-0.25, -0.2) is 0 Å². The van der Waals surface area contributed by atoms with Crippen LogP contribution in [0.2, 0.25) is 0 Å². The maximum Gasteiger partial charge on any atom is 0.320 e. The molecule has 0 bridgehead atoms. The minimum absolute atomic E-state index is 0.0366. The maximum atomic E-state index is 13.8. The molecule has 3 heterocycles. The van der Waals surface area contributed by atoms with Gasteiger partial charge in [0.15, 0.2) is 23.0 Å². The molecule has 2 aromatic heterocycles. The molecule has 0 N–H and O–H groups in total. The molecule has 1 aliphatic heterocycles. The van der Waals surface area contributed by atoms with Gasteiger partial charge < -0.3 is 28.3 Å². The van der Waals surface area contributed by atoms with Crippen LogP contribution in [0.15, 0.2) is 35.3 Å². The third-order valence-corrected chi connectivity index (χ3v) is 5.92. The normalized spacial score (nSPS) is 12.6. The lowest BCUT2D eigenvalue weighted by Crippen LogP contribution is -2.27. The van der Waals surface area contributed by atoms with Crippen molar-refractivity contribution in [2.24, 2.45) is 0 Å². The van der Waals surface area contributed by atoms with Crippen LogP contribution in [0.25, 0.3) is 32.6 Å². The summed E-state index contributed by atoms with van der Waals surface area (Å²) in [7, 11) is 6.63. The summed E-state index contributed by atoms with van der Waals surface area (Å²) in [6, 6.07) is 7.06. The van der Waals surface area contributed by atoms with E-state index in [1.54, 1.807) is 55.1 Å². The quantitative estimate of drug-likeness (QED) is 0.292. The molecule has 0 spiro atoms. The number of ether oxygens (including phenoxy) is 5. The van der Waals surface area contributed by atoms with E-state index >= 15 is 0 Å². The fraction of sp³-hybridized carbons (Fsp3) is 0.320. The first-order chi connectivity index (χ1) is 16.9. The lowest BCUT2D eigenvalue weighted by molar-refractivity contribution is -0.144. The summed E-state index contributed by atoms with van der Waals surface area (Å²) in [6.45, 7) is 0.472. The minimum atomic E-state index is -0.366. The molecule has 0 atom stereocenters. The summed E-state index contributed by atoms with van der Waals surface area (Å²) in [4.78, 5) is 32.2. The molecule has 0 amide bonds. The predicted octanol–water partition coefficient (Wildman–Crippen LogP) is 2.55. The number of hydrogen-bond acceptors (Lipinski definition) is 9. The van der Waals surface area contributed by atoms with Crippen LogP contribution in [0.3, 0.4) is 0 Å². The Labute approximate surface area is 200 Å². The second kappa shape index (κ2) is 8.95. The van der Waals surface area contributed by atoms with E-state index in [0.717, 1.165) is 10.8 Å². The number of nitrogens with zero attached hydrogens (tertiary/aromatic N) is 3. The van der Waals surface area contributed by atoms with Crippen molar-refractivity contribution in [1.82, 2.24) is 14.5 Å². The second-order valence-electron chi connectivity index (χ2n) is 8.41. The zero-order chi connectivity index (χ0) is 24.7. The number of likely N-dealkylation sites (N-methyl/N-ethyl adjacent to an activating group) is 1. The molecule has 2 aromatic carbocycles. The monoisotopic (exact) mass is 479 g/mol. The van der Waals surface area contributed by atoms with E-state index in [2.05, 4.69) is 4.98 Å². The van der Waals surface area contributed by atoms with Crippen LogP contribution in [0.1, 0.15) is 0 Å². The number of fused-ring (bicyclic) bond motifs is 6. The largest absolute Gasteiger partial charge is 0.493 e. The summed E-state index contributed by atoms with van der Waals surface area (Å²) in [6.07, 6.45) is 1.72. The molecule has 0 radical (unpaired) electrons. The third-order valence-electron chi connectivity index (χ3n) is 5.92. The molecule has 35 heavy (non-hydrogen) atoms. The highest BCUT2D eigenvalue weighted by Crippen LogP contribution is 2.40. The average molecular weight is 479 g/mol. The van der Waals surface area contributed by atoms with Crippen molar-refractivity contribution in [3.05, 3.63) is 40.8 Å². The van der Waals surface area contributed by atoms with E-state index in [1.165, 1.54) is 7.11 Å². The standard InChI is InChI=1S/C25H25N3O7/c1-27(2)12-23(29)33-6-5-28-24-16-9-21-22(35-13-34-21)10-18(16)26-11-17(24)14-7-19(31-3)20(32-4)8-15(14)25(28)30/h7-11H,5-6,12-13H2,1-4H3. The molecule has 182 valence electrons. The maximum absolute atomic E-state index is 13.8. The first-order valence-corrected chi connectivity index (χ1v) is 11.0. The van der Waals surface area contributed by atoms with Gasteiger partial charge in [0, 0.05) is 28.4 Å². The van der Waals surface area contributed by atoms with Crippen LogP contribution in [0.4, 0.5) is 0 Å². The van der Waals surface area contributed by atoms with Gasteiger partial charge in [-0.1, -0.05) is 0 Å². The molecule has 5 rings (SSSR count). The molecular weight excluding hydrogens is 454 g/mol. The number of esters is 1. The van der Waals surface area contributed by atoms with Gasteiger partial charge in [0.05, 0.1) is 43.7 Å². The zero-order valence-corrected chi connectivity index (χ0v) is 19.9. The SMILES string of the molecule is COc1cc2c(=O)n(CCOC(=O)CN(C)C)c3c4cc5c(cc4ncc3c2cc1OC)OCO5. The molecule has 0 saturated heterocycles. The summed E-state index contributed by atoms with van der Waals surface area (Å²) >= 11 is 0. The van der Waals surface area contributed by atoms with Crippen LogP contribution in [0, 0.1) is 0 Å². The summed E-state index contributed by atoms with van der Waals surface area (Å²) < 4.78 is 29.0. The summed E-state index contributed by atoms with van der Waals surface area (Å²) in [5.41, 5.74) is 1.06. The van der Waals surface area contributed by atoms with Crippen molar-refractivity contribution in [3.8, 4) is 23.0 Å². The number of methoxy groups -OCH3 is 2. The van der Waals surface area contributed by atoms with Crippen molar-refractivity contribution in [2.45, 2.75) is 6.54 Å². The van der Waals surface area contributed by atoms with Crippen LogP contribution >= 0.6 is 0 Å². The van der Waals surface area contributed by atoms with Gasteiger partial charge in [-0.05, 0) is 32.3 Å². The fourth-order valence-electron chi connectivity index (χ4n) is 4.35. The van der Waals surface area contributed by atoms with Crippen molar-refractivity contribution < 1.29 is 28.5 Å². The average Bonchev–Trinajstić information content (AvgIpc) is 3.30. The first kappa shape index (κ1) is 22.7. The molecule has 0 fully saturated rings. The minimum Gasteiger partial charge on any atom is -0.493 e. The van der Waals surface area contributed by atoms with Crippen molar-refractivity contribution in [3.63, 3.8) is 0 Å². The number of carbonyl (C=O) groups excluding carboxylic acids is 1. The van der Waals surface area contributed by atoms with Gasteiger partial charge in [-0.2, -0.15) is 0 Å². The Morgan fingerprint density at radius 1 is 1.00 bits per heavy atom. The van der Waals surface area contributed by atoms with E-state index in [0.29, 0.717) is 44.8 Å². The van der Waals surface area contributed by atoms with Gasteiger partial charge >= 0.3 is 5.97 Å². The highest BCUT2D eigenvalue weighted by atomic mass is 16.7. The first-order valence-electron chi connectivity index (χ1n) is 11.0. The number of rotatable bonds is 7. The van der Waals surface area contributed by atoms with Gasteiger partial charge in [0.25, 0.3) is 5.56 Å². The van der Waals surface area contributed by atoms with E-state index in [1.807, 2.05) is 6.07 Å². The Hall–Kier alpha value is -4.05. The Morgan fingerprint density at radius 3 is 2.37 bits per heavy atom. The Morgan fingerprint density at radius 2 is 1.69 bits per heavy atom. The lowest BCUT2D eigenvalue weighted by Gasteiger charge is -2.17. The van der Waals surface area contributed by atoms with Gasteiger partial charge in [-0.15, -0.1) is 0 Å². The molecule has 1 aliphatic rings. The van der Waals surface area contributed by atoms with E-state index in [-0.39, 0.29) is 38.0 Å².